The fourth-order valence-corrected chi connectivity index (χ4v) is 7.73. The van der Waals surface area contributed by atoms with Crippen LogP contribution in [0.1, 0.15) is 111 Å². The number of rotatable bonds is 20. The maximum atomic E-state index is 12.5. The Kier molecular flexibility index (Phi) is 20.7. The number of hydrogen-bond acceptors (Lipinski definition) is 6. The zero-order valence-electron chi connectivity index (χ0n) is 31.8. The number of hydrogen-bond donors (Lipinski definition) is 4. The number of sulfonamides is 1. The van der Waals surface area contributed by atoms with Crippen molar-refractivity contribution in [1.29, 1.82) is 0 Å². The van der Waals surface area contributed by atoms with Crippen LogP contribution < -0.4 is 20.1 Å². The number of carboxylic acids is 1. The number of carbonyl (C=O) groups is 3. The molecule has 1 aliphatic rings. The normalized spacial score (nSPS) is 13.2. The number of methoxy groups -OCH3 is 1. The van der Waals surface area contributed by atoms with E-state index in [4.69, 9.17) is 56.2 Å². The fourth-order valence-electron chi connectivity index (χ4n) is 6.25. The maximum absolute atomic E-state index is 12.5. The third-order valence-corrected chi connectivity index (χ3v) is 12.0. The number of ether oxygens (including phenoxy) is 1. The molecule has 1 saturated carbocycles. The molecule has 3 aromatic carbocycles. The first-order valence-corrected chi connectivity index (χ1v) is 22.1. The number of carboxylic acid groups (broad SMARTS) is 1. The third kappa shape index (κ3) is 17.5. The number of aryl methyl sites for hydroxylation is 1. The quantitative estimate of drug-likeness (QED) is 0.0652. The number of alkyl halides is 2. The number of carbonyl (C=O) groups excluding carboxylic acids is 2. The van der Waals surface area contributed by atoms with E-state index in [0.717, 1.165) is 68.4 Å². The Morgan fingerprint density at radius 2 is 1.32 bits per heavy atom. The lowest BCUT2D eigenvalue weighted by atomic mass is 9.96. The fraction of sp³-hybridized carbons (Fsp3) is 0.488. The maximum Gasteiger partial charge on any atom is 0.340 e. The molecule has 0 spiro atoms. The molecular formula is C41H53Cl4N3O7S. The van der Waals surface area contributed by atoms with Gasteiger partial charge in [0.25, 0.3) is 15.9 Å². The molecule has 1 aliphatic carbocycles. The number of unbranched alkanes of at least 4 members (excludes halogenated alkanes) is 7. The Morgan fingerprint density at radius 1 is 0.768 bits per heavy atom. The van der Waals surface area contributed by atoms with Crippen molar-refractivity contribution in [2.24, 2.45) is 0 Å². The van der Waals surface area contributed by atoms with Crippen molar-refractivity contribution in [2.45, 2.75) is 118 Å². The van der Waals surface area contributed by atoms with Crippen LogP contribution in [0.5, 0.6) is 5.75 Å². The van der Waals surface area contributed by atoms with Gasteiger partial charge in [-0.15, -0.1) is 0 Å². The van der Waals surface area contributed by atoms with Gasteiger partial charge in [-0.05, 0) is 98.5 Å². The Labute approximate surface area is 351 Å². The van der Waals surface area contributed by atoms with Gasteiger partial charge >= 0.3 is 12.0 Å². The van der Waals surface area contributed by atoms with Gasteiger partial charge < -0.3 is 20.5 Å². The second kappa shape index (κ2) is 24.5. The molecule has 3 aromatic rings. The zero-order chi connectivity index (χ0) is 41.0. The minimum Gasteiger partial charge on any atom is -0.496 e. The summed E-state index contributed by atoms with van der Waals surface area (Å²) in [6.45, 7) is 0.336. The van der Waals surface area contributed by atoms with Crippen LogP contribution >= 0.6 is 46.4 Å². The zero-order valence-corrected chi connectivity index (χ0v) is 35.6. The SMILES string of the molecule is COc1ccc(Cl)cc1C(=O)NCCc1ccc(S(=O)(=O)NC(=O)NC2CCCCC2)cc1.O=C(O)C(Cl)(Cl)CCCCCCCCCCc1ccc(Cl)cc1. The molecule has 10 nitrogen and oxygen atoms in total. The van der Waals surface area contributed by atoms with Crippen LogP contribution in [-0.4, -0.2) is 55.5 Å². The largest absolute Gasteiger partial charge is 0.496 e. The van der Waals surface area contributed by atoms with E-state index in [1.54, 1.807) is 24.3 Å². The molecule has 15 heteroatoms. The summed E-state index contributed by atoms with van der Waals surface area (Å²) in [6, 6.07) is 18.4. The Hall–Kier alpha value is -3.22. The number of halogens is 4. The van der Waals surface area contributed by atoms with Gasteiger partial charge in [0.2, 0.25) is 4.33 Å². The molecule has 4 rings (SSSR count). The second-order valence-electron chi connectivity index (χ2n) is 13.9. The average molecular weight is 874 g/mol. The summed E-state index contributed by atoms with van der Waals surface area (Å²) in [7, 11) is -2.49. The lowest BCUT2D eigenvalue weighted by molar-refractivity contribution is -0.138. The number of nitrogens with one attached hydrogen (secondary N) is 3. The molecule has 0 radical (unpaired) electrons. The van der Waals surface area contributed by atoms with Crippen molar-refractivity contribution in [3.63, 3.8) is 0 Å². The molecule has 308 valence electrons. The summed E-state index contributed by atoms with van der Waals surface area (Å²) in [5.74, 6) is -1.05. The van der Waals surface area contributed by atoms with Gasteiger partial charge in [-0.2, -0.15) is 0 Å². The summed E-state index contributed by atoms with van der Waals surface area (Å²) in [5, 5.41) is 15.5. The molecule has 3 amide bonds. The molecular weight excluding hydrogens is 820 g/mol. The molecule has 56 heavy (non-hydrogen) atoms. The van der Waals surface area contributed by atoms with Crippen LogP contribution in [-0.2, 0) is 27.7 Å². The lowest BCUT2D eigenvalue weighted by Gasteiger charge is -2.22. The van der Waals surface area contributed by atoms with Crippen molar-refractivity contribution in [3.8, 4) is 5.75 Å². The second-order valence-corrected chi connectivity index (χ2v) is 17.9. The predicted octanol–water partition coefficient (Wildman–Crippen LogP) is 10.3. The monoisotopic (exact) mass is 871 g/mol. The van der Waals surface area contributed by atoms with Crippen LogP contribution in [0.2, 0.25) is 10.0 Å². The van der Waals surface area contributed by atoms with E-state index in [9.17, 15) is 22.8 Å². The molecule has 0 saturated heterocycles. The number of urea groups is 1. The Balaban J connectivity index is 0.000000322. The van der Waals surface area contributed by atoms with E-state index in [-0.39, 0.29) is 16.8 Å². The first-order chi connectivity index (χ1) is 26.7. The molecule has 0 heterocycles. The highest BCUT2D eigenvalue weighted by molar-refractivity contribution is 7.90. The van der Waals surface area contributed by atoms with Gasteiger partial charge in [0.15, 0.2) is 0 Å². The summed E-state index contributed by atoms with van der Waals surface area (Å²) in [4.78, 5) is 35.3. The van der Waals surface area contributed by atoms with Crippen molar-refractivity contribution in [1.82, 2.24) is 15.4 Å². The summed E-state index contributed by atoms with van der Waals surface area (Å²) >= 11 is 23.2. The van der Waals surface area contributed by atoms with Crippen LogP contribution in [0.3, 0.4) is 0 Å². The van der Waals surface area contributed by atoms with Crippen molar-refractivity contribution < 1.29 is 32.6 Å². The molecule has 1 fully saturated rings. The van der Waals surface area contributed by atoms with E-state index in [1.165, 1.54) is 63.0 Å². The van der Waals surface area contributed by atoms with Crippen LogP contribution in [0.4, 0.5) is 4.79 Å². The molecule has 0 aliphatic heterocycles. The van der Waals surface area contributed by atoms with Gasteiger partial charge in [-0.1, -0.05) is 128 Å². The molecule has 0 bridgehead atoms. The molecule has 4 N–H and O–H groups in total. The number of aliphatic carboxylic acids is 1. The van der Waals surface area contributed by atoms with E-state index < -0.39 is 26.4 Å². The predicted molar refractivity (Wildman–Crippen MR) is 225 cm³/mol. The van der Waals surface area contributed by atoms with Crippen LogP contribution in [0, 0.1) is 0 Å². The van der Waals surface area contributed by atoms with Gasteiger partial charge in [0.1, 0.15) is 5.75 Å². The Morgan fingerprint density at radius 3 is 1.93 bits per heavy atom. The van der Waals surface area contributed by atoms with Gasteiger partial charge in [-0.25, -0.2) is 22.7 Å². The summed E-state index contributed by atoms with van der Waals surface area (Å²) in [5.41, 5.74) is 2.52. The van der Waals surface area contributed by atoms with E-state index in [1.807, 2.05) is 12.1 Å². The topological polar surface area (TPSA) is 151 Å². The number of benzene rings is 3. The highest BCUT2D eigenvalue weighted by Gasteiger charge is 2.32. The van der Waals surface area contributed by atoms with E-state index in [2.05, 4.69) is 27.5 Å². The lowest BCUT2D eigenvalue weighted by Crippen LogP contribution is -2.45. The van der Waals surface area contributed by atoms with Gasteiger partial charge in [0, 0.05) is 22.6 Å². The first-order valence-electron chi connectivity index (χ1n) is 19.1. The molecule has 0 atom stereocenters. The third-order valence-electron chi connectivity index (χ3n) is 9.44. The number of amides is 3. The van der Waals surface area contributed by atoms with Crippen LogP contribution in [0.25, 0.3) is 0 Å². The van der Waals surface area contributed by atoms with E-state index in [0.29, 0.717) is 35.7 Å². The van der Waals surface area contributed by atoms with Crippen molar-refractivity contribution in [2.75, 3.05) is 13.7 Å². The average Bonchev–Trinajstić information content (AvgIpc) is 3.16. The standard InChI is InChI=1S/C23H28ClN3O5S.C18H25Cl3O2/c1-32-21-12-9-17(24)15-20(21)22(28)25-14-13-16-7-10-19(11-8-16)33(30,31)27-23(29)26-18-5-3-2-4-6-18;19-16-12-10-15(11-13-16)9-7-5-3-1-2-4-6-8-14-18(20,21)17(22)23/h7-12,15,18H,2-6,13-14H2,1H3,(H,25,28)(H2,26,27,29);10-13H,1-9,14H2,(H,22,23). The Bertz CT molecular complexity index is 1790. The summed E-state index contributed by atoms with van der Waals surface area (Å²) in [6.07, 6.45) is 15.8. The smallest absolute Gasteiger partial charge is 0.340 e. The minimum atomic E-state index is -3.97. The molecule has 0 aromatic heterocycles. The minimum absolute atomic E-state index is 0.00209. The van der Waals surface area contributed by atoms with Crippen LogP contribution in [0.15, 0.2) is 71.6 Å². The summed E-state index contributed by atoms with van der Waals surface area (Å²) < 4.78 is 30.6. The highest BCUT2D eigenvalue weighted by atomic mass is 35.5. The van der Waals surface area contributed by atoms with E-state index >= 15 is 0 Å². The first kappa shape index (κ1) is 47.2. The van der Waals surface area contributed by atoms with Gasteiger partial charge in [-0.3, -0.25) is 4.79 Å². The van der Waals surface area contributed by atoms with Gasteiger partial charge in [0.05, 0.1) is 17.6 Å². The highest BCUT2D eigenvalue weighted by Crippen LogP contribution is 2.28. The van der Waals surface area contributed by atoms with Crippen molar-refractivity contribution in [3.05, 3.63) is 93.5 Å². The molecule has 0 unspecified atom stereocenters. The van der Waals surface area contributed by atoms with Crippen molar-refractivity contribution >= 4 is 74.3 Å².